The van der Waals surface area contributed by atoms with E-state index in [-0.39, 0.29) is 0 Å². The van der Waals surface area contributed by atoms with Crippen LogP contribution in [0, 0.1) is 6.92 Å². The monoisotopic (exact) mass is 326 g/mol. The van der Waals surface area contributed by atoms with Gasteiger partial charge in [0.05, 0.1) is 11.4 Å². The molecule has 0 N–H and O–H groups in total. The molecule has 0 atom stereocenters. The molecule has 0 bridgehead atoms. The van der Waals surface area contributed by atoms with Gasteiger partial charge in [-0.3, -0.25) is 9.97 Å². The predicted octanol–water partition coefficient (Wildman–Crippen LogP) is 3.98. The number of aromatic nitrogens is 2. The fourth-order valence-electron chi connectivity index (χ4n) is 1.32. The molecule has 2 nitrogen and oxygen atoms in total. The van der Waals surface area contributed by atoms with E-state index in [0.717, 1.165) is 25.9 Å². The van der Waals surface area contributed by atoms with Crippen molar-refractivity contribution in [1.82, 2.24) is 9.97 Å². The Morgan fingerprint density at radius 1 is 1.00 bits per heavy atom. The van der Waals surface area contributed by atoms with Gasteiger partial charge in [-0.25, -0.2) is 0 Å². The number of rotatable bonds is 1. The van der Waals surface area contributed by atoms with Gasteiger partial charge in [0.2, 0.25) is 0 Å². The Morgan fingerprint density at radius 2 is 1.73 bits per heavy atom. The predicted molar refractivity (Wildman–Crippen MR) is 67.6 cm³/mol. The number of hydrogen-bond acceptors (Lipinski definition) is 2. The maximum absolute atomic E-state index is 4.35. The Bertz CT molecular complexity index is 480. The van der Waals surface area contributed by atoms with Gasteiger partial charge in [0.1, 0.15) is 0 Å². The Hall–Kier alpha value is -0.740. The van der Waals surface area contributed by atoms with Gasteiger partial charge in [0.25, 0.3) is 0 Å². The van der Waals surface area contributed by atoms with Gasteiger partial charge < -0.3 is 0 Å². The molecule has 0 aliphatic heterocycles. The van der Waals surface area contributed by atoms with E-state index in [2.05, 4.69) is 41.8 Å². The van der Waals surface area contributed by atoms with E-state index in [9.17, 15) is 0 Å². The molecule has 2 aromatic heterocycles. The lowest BCUT2D eigenvalue weighted by Gasteiger charge is -2.04. The average Bonchev–Trinajstić information content (AvgIpc) is 2.20. The van der Waals surface area contributed by atoms with Gasteiger partial charge in [-0.2, -0.15) is 0 Å². The molecule has 2 aromatic rings. The van der Waals surface area contributed by atoms with E-state index in [0.29, 0.717) is 0 Å². The van der Waals surface area contributed by atoms with Gasteiger partial charge >= 0.3 is 0 Å². The number of aryl methyl sites for hydroxylation is 1. The highest BCUT2D eigenvalue weighted by Crippen LogP contribution is 2.22. The second kappa shape index (κ2) is 4.41. The molecule has 2 heterocycles. The first kappa shape index (κ1) is 10.8. The summed E-state index contributed by atoms with van der Waals surface area (Å²) in [6.07, 6.45) is 3.56. The zero-order valence-electron chi connectivity index (χ0n) is 8.04. The minimum Gasteiger partial charge on any atom is -0.253 e. The van der Waals surface area contributed by atoms with Crippen LogP contribution in [-0.2, 0) is 0 Å². The molecule has 0 spiro atoms. The van der Waals surface area contributed by atoms with Crippen LogP contribution in [-0.4, -0.2) is 9.97 Å². The van der Waals surface area contributed by atoms with Crippen LogP contribution in [0.4, 0.5) is 0 Å². The molecule has 76 valence electrons. The molecule has 2 rings (SSSR count). The van der Waals surface area contributed by atoms with Crippen molar-refractivity contribution in [2.75, 3.05) is 0 Å². The smallest absolute Gasteiger partial charge is 0.0916 e. The third kappa shape index (κ3) is 2.44. The second-order valence-electron chi connectivity index (χ2n) is 3.18. The van der Waals surface area contributed by atoms with Crippen LogP contribution in [0.5, 0.6) is 0 Å². The Kier molecular flexibility index (Phi) is 3.17. The number of pyridine rings is 2. The van der Waals surface area contributed by atoms with E-state index in [1.807, 2.05) is 25.1 Å². The van der Waals surface area contributed by atoms with Crippen LogP contribution < -0.4 is 0 Å². The Morgan fingerprint density at radius 3 is 2.33 bits per heavy atom. The maximum atomic E-state index is 4.35. The van der Waals surface area contributed by atoms with Crippen molar-refractivity contribution in [3.63, 3.8) is 0 Å². The minimum absolute atomic E-state index is 0.892. The highest BCUT2D eigenvalue weighted by atomic mass is 79.9. The van der Waals surface area contributed by atoms with E-state index in [4.69, 9.17) is 0 Å². The summed E-state index contributed by atoms with van der Waals surface area (Å²) >= 11 is 6.75. The maximum Gasteiger partial charge on any atom is 0.0916 e. The van der Waals surface area contributed by atoms with E-state index >= 15 is 0 Å². The Labute approximate surface area is 105 Å². The second-order valence-corrected chi connectivity index (χ2v) is 5.01. The van der Waals surface area contributed by atoms with Gasteiger partial charge in [0.15, 0.2) is 0 Å². The van der Waals surface area contributed by atoms with Crippen LogP contribution >= 0.6 is 31.9 Å². The summed E-state index contributed by atoms with van der Waals surface area (Å²) in [6.45, 7) is 2.02. The van der Waals surface area contributed by atoms with Gasteiger partial charge in [-0.1, -0.05) is 0 Å². The molecular formula is C11H8Br2N2. The van der Waals surface area contributed by atoms with Crippen molar-refractivity contribution >= 4 is 31.9 Å². The molecule has 0 amide bonds. The molecule has 0 saturated heterocycles. The molecule has 0 aliphatic rings. The minimum atomic E-state index is 0.892. The molecule has 15 heavy (non-hydrogen) atoms. The summed E-state index contributed by atoms with van der Waals surface area (Å²) in [5.74, 6) is 0. The van der Waals surface area contributed by atoms with Gasteiger partial charge in [-0.05, 0) is 62.5 Å². The first-order chi connectivity index (χ1) is 7.16. The van der Waals surface area contributed by atoms with Crippen molar-refractivity contribution < 1.29 is 0 Å². The normalized spacial score (nSPS) is 10.3. The van der Waals surface area contributed by atoms with Crippen LogP contribution in [0.2, 0.25) is 0 Å². The first-order valence-electron chi connectivity index (χ1n) is 4.41. The average molecular weight is 328 g/mol. The third-order valence-electron chi connectivity index (χ3n) is 2.01. The lowest BCUT2D eigenvalue weighted by Crippen LogP contribution is -1.90. The molecular weight excluding hydrogens is 320 g/mol. The molecule has 0 radical (unpaired) electrons. The molecule has 0 fully saturated rings. The molecule has 0 aromatic carbocycles. The molecule has 0 saturated carbocycles. The van der Waals surface area contributed by atoms with E-state index < -0.39 is 0 Å². The number of halogens is 2. The fourth-order valence-corrected chi connectivity index (χ4v) is 2.00. The van der Waals surface area contributed by atoms with Crippen molar-refractivity contribution in [2.24, 2.45) is 0 Å². The highest BCUT2D eigenvalue weighted by Gasteiger charge is 2.04. The van der Waals surface area contributed by atoms with Crippen LogP contribution in [0.1, 0.15) is 5.56 Å². The summed E-state index contributed by atoms with van der Waals surface area (Å²) in [5, 5.41) is 0. The first-order valence-corrected chi connectivity index (χ1v) is 5.99. The van der Waals surface area contributed by atoms with Crippen LogP contribution in [0.25, 0.3) is 11.4 Å². The van der Waals surface area contributed by atoms with Crippen molar-refractivity contribution in [3.05, 3.63) is 45.1 Å². The summed E-state index contributed by atoms with van der Waals surface area (Å²) in [7, 11) is 0. The third-order valence-corrected chi connectivity index (χ3v) is 2.92. The van der Waals surface area contributed by atoms with E-state index in [1.54, 1.807) is 12.4 Å². The highest BCUT2D eigenvalue weighted by molar-refractivity contribution is 9.10. The summed E-state index contributed by atoms with van der Waals surface area (Å²) in [4.78, 5) is 8.67. The molecule has 0 unspecified atom stereocenters. The standard InChI is InChI=1S/C11H8Br2N2/c1-7-4-9(13)6-15-11(7)10-3-2-8(12)5-14-10/h2-6H,1H3. The lowest BCUT2D eigenvalue weighted by molar-refractivity contribution is 1.20. The zero-order valence-corrected chi connectivity index (χ0v) is 11.2. The largest absolute Gasteiger partial charge is 0.253 e. The van der Waals surface area contributed by atoms with E-state index in [1.165, 1.54) is 0 Å². The topological polar surface area (TPSA) is 25.8 Å². The summed E-state index contributed by atoms with van der Waals surface area (Å²) in [5.41, 5.74) is 2.92. The van der Waals surface area contributed by atoms with Gasteiger partial charge in [0, 0.05) is 21.3 Å². The van der Waals surface area contributed by atoms with Crippen molar-refractivity contribution in [1.29, 1.82) is 0 Å². The molecule has 0 aliphatic carbocycles. The SMILES string of the molecule is Cc1cc(Br)cnc1-c1ccc(Br)cn1. The zero-order chi connectivity index (χ0) is 10.8. The fraction of sp³-hybridized carbons (Fsp3) is 0.0909. The van der Waals surface area contributed by atoms with Crippen LogP contribution in [0.3, 0.4) is 0 Å². The summed E-state index contributed by atoms with van der Waals surface area (Å²) < 4.78 is 1.96. The number of hydrogen-bond donors (Lipinski definition) is 0. The molecule has 4 heteroatoms. The van der Waals surface area contributed by atoms with Crippen molar-refractivity contribution in [2.45, 2.75) is 6.92 Å². The van der Waals surface area contributed by atoms with Gasteiger partial charge in [-0.15, -0.1) is 0 Å². The number of nitrogens with zero attached hydrogens (tertiary/aromatic N) is 2. The van der Waals surface area contributed by atoms with Crippen LogP contribution in [0.15, 0.2) is 39.5 Å². The summed E-state index contributed by atoms with van der Waals surface area (Å²) in [6, 6.07) is 5.95. The Balaban J connectivity index is 2.49. The quantitative estimate of drug-likeness (QED) is 0.791. The lowest BCUT2D eigenvalue weighted by atomic mass is 10.1. The van der Waals surface area contributed by atoms with Crippen molar-refractivity contribution in [3.8, 4) is 11.4 Å².